The van der Waals surface area contributed by atoms with Crippen LogP contribution in [-0.2, 0) is 0 Å². The Balaban J connectivity index is 2.51. The number of allylic oxidation sites excluding steroid dienone is 1. The van der Waals surface area contributed by atoms with Gasteiger partial charge in [-0.05, 0) is 45.7 Å². The minimum Gasteiger partial charge on any atom is -0.313 e. The van der Waals surface area contributed by atoms with E-state index in [-0.39, 0.29) is 0 Å². The Bertz CT molecular complexity index is 348. The van der Waals surface area contributed by atoms with Crippen LogP contribution in [-0.4, -0.2) is 7.05 Å². The Morgan fingerprint density at radius 1 is 1.11 bits per heavy atom. The molecule has 0 spiro atoms. The molecule has 1 heteroatoms. The van der Waals surface area contributed by atoms with Gasteiger partial charge in [-0.1, -0.05) is 48.2 Å². The molecule has 1 aromatic rings. The fourth-order valence-electron chi connectivity index (χ4n) is 2.50. The zero-order valence-corrected chi connectivity index (χ0v) is 12.1. The third-order valence-corrected chi connectivity index (χ3v) is 3.40. The molecule has 0 bridgehead atoms. The van der Waals surface area contributed by atoms with E-state index >= 15 is 0 Å². The maximum atomic E-state index is 3.76. The van der Waals surface area contributed by atoms with Crippen molar-refractivity contribution >= 4 is 0 Å². The van der Waals surface area contributed by atoms with Gasteiger partial charge in [0, 0.05) is 6.04 Å². The molecular formula is C17H27N. The molecular weight excluding hydrogens is 218 g/mol. The topological polar surface area (TPSA) is 12.0 Å². The second-order valence-electron chi connectivity index (χ2n) is 5.19. The molecule has 0 fully saturated rings. The Kier molecular flexibility index (Phi) is 6.74. The van der Waals surface area contributed by atoms with E-state index in [1.165, 1.54) is 42.4 Å². The SMILES string of the molecule is C=CCCCCCC(NC)c1cc(C)cc(C)c1. The minimum absolute atomic E-state index is 0.493. The minimum atomic E-state index is 0.493. The smallest absolute Gasteiger partial charge is 0.0317 e. The summed E-state index contributed by atoms with van der Waals surface area (Å²) in [6, 6.07) is 7.34. The van der Waals surface area contributed by atoms with Gasteiger partial charge in [0.1, 0.15) is 0 Å². The van der Waals surface area contributed by atoms with Crippen LogP contribution in [0.2, 0.25) is 0 Å². The summed E-state index contributed by atoms with van der Waals surface area (Å²) in [7, 11) is 2.06. The number of nitrogens with one attached hydrogen (secondary N) is 1. The number of unbranched alkanes of at least 4 members (excludes halogenated alkanes) is 3. The standard InChI is InChI=1S/C17H27N/c1-5-6-7-8-9-10-17(18-4)16-12-14(2)11-15(3)13-16/h5,11-13,17-18H,1,6-10H2,2-4H3. The van der Waals surface area contributed by atoms with Gasteiger partial charge in [0.2, 0.25) is 0 Å². The Labute approximate surface area is 112 Å². The van der Waals surface area contributed by atoms with Crippen LogP contribution in [0.25, 0.3) is 0 Å². The fourth-order valence-corrected chi connectivity index (χ4v) is 2.50. The number of hydrogen-bond donors (Lipinski definition) is 1. The van der Waals surface area contributed by atoms with E-state index in [0.29, 0.717) is 6.04 Å². The van der Waals surface area contributed by atoms with Gasteiger partial charge in [0.05, 0.1) is 0 Å². The predicted octanol–water partition coefficient (Wildman–Crippen LogP) is 4.70. The first-order valence-electron chi connectivity index (χ1n) is 7.03. The maximum absolute atomic E-state index is 3.76. The molecule has 0 aromatic heterocycles. The molecule has 0 aliphatic heterocycles. The number of benzene rings is 1. The molecule has 1 unspecified atom stereocenters. The van der Waals surface area contributed by atoms with Crippen molar-refractivity contribution in [3.05, 3.63) is 47.5 Å². The van der Waals surface area contributed by atoms with Crippen LogP contribution in [0.4, 0.5) is 0 Å². The van der Waals surface area contributed by atoms with E-state index in [0.717, 1.165) is 6.42 Å². The van der Waals surface area contributed by atoms with Crippen LogP contribution in [0, 0.1) is 13.8 Å². The summed E-state index contributed by atoms with van der Waals surface area (Å²) in [4.78, 5) is 0. The van der Waals surface area contributed by atoms with Gasteiger partial charge < -0.3 is 5.32 Å². The van der Waals surface area contributed by atoms with E-state index in [4.69, 9.17) is 0 Å². The summed E-state index contributed by atoms with van der Waals surface area (Å²) in [6.45, 7) is 8.11. The van der Waals surface area contributed by atoms with Crippen molar-refractivity contribution < 1.29 is 0 Å². The highest BCUT2D eigenvalue weighted by Crippen LogP contribution is 2.22. The van der Waals surface area contributed by atoms with Crippen LogP contribution in [0.3, 0.4) is 0 Å². The first kappa shape index (κ1) is 15.0. The van der Waals surface area contributed by atoms with Crippen molar-refractivity contribution in [3.8, 4) is 0 Å². The van der Waals surface area contributed by atoms with Gasteiger partial charge >= 0.3 is 0 Å². The second-order valence-corrected chi connectivity index (χ2v) is 5.19. The normalized spacial score (nSPS) is 12.4. The largest absolute Gasteiger partial charge is 0.313 e. The van der Waals surface area contributed by atoms with E-state index in [1.807, 2.05) is 6.08 Å². The van der Waals surface area contributed by atoms with E-state index in [9.17, 15) is 0 Å². The molecule has 0 aliphatic rings. The average molecular weight is 245 g/mol. The van der Waals surface area contributed by atoms with Gasteiger partial charge in [0.25, 0.3) is 0 Å². The Morgan fingerprint density at radius 3 is 2.33 bits per heavy atom. The van der Waals surface area contributed by atoms with Crippen LogP contribution in [0.1, 0.15) is 54.8 Å². The number of hydrogen-bond acceptors (Lipinski definition) is 1. The summed E-state index contributed by atoms with van der Waals surface area (Å²) in [5.41, 5.74) is 4.15. The molecule has 0 saturated carbocycles. The molecule has 0 saturated heterocycles. The van der Waals surface area contributed by atoms with E-state index < -0.39 is 0 Å². The van der Waals surface area contributed by atoms with Gasteiger partial charge in [-0.3, -0.25) is 0 Å². The zero-order chi connectivity index (χ0) is 13.4. The molecule has 0 radical (unpaired) electrons. The third-order valence-electron chi connectivity index (χ3n) is 3.40. The molecule has 100 valence electrons. The van der Waals surface area contributed by atoms with Crippen LogP contribution in [0.15, 0.2) is 30.9 Å². The maximum Gasteiger partial charge on any atom is 0.0317 e. The lowest BCUT2D eigenvalue weighted by Crippen LogP contribution is -2.16. The third kappa shape index (κ3) is 5.05. The van der Waals surface area contributed by atoms with Crippen molar-refractivity contribution in [2.45, 2.75) is 52.0 Å². The molecule has 1 N–H and O–H groups in total. The fraction of sp³-hybridized carbons (Fsp3) is 0.529. The summed E-state index contributed by atoms with van der Waals surface area (Å²) >= 11 is 0. The summed E-state index contributed by atoms with van der Waals surface area (Å²) < 4.78 is 0. The van der Waals surface area contributed by atoms with Crippen LogP contribution < -0.4 is 5.32 Å². The first-order chi connectivity index (χ1) is 8.67. The predicted molar refractivity (Wildman–Crippen MR) is 81.0 cm³/mol. The van der Waals surface area contributed by atoms with Crippen molar-refractivity contribution in [2.24, 2.45) is 0 Å². The van der Waals surface area contributed by atoms with Crippen molar-refractivity contribution in [1.29, 1.82) is 0 Å². The van der Waals surface area contributed by atoms with Gasteiger partial charge in [-0.15, -0.1) is 6.58 Å². The molecule has 0 heterocycles. The summed E-state index contributed by atoms with van der Waals surface area (Å²) in [5, 5.41) is 3.44. The van der Waals surface area contributed by atoms with Crippen molar-refractivity contribution in [1.82, 2.24) is 5.32 Å². The molecule has 1 rings (SSSR count). The summed E-state index contributed by atoms with van der Waals surface area (Å²) in [6.07, 6.45) is 8.23. The van der Waals surface area contributed by atoms with E-state index in [2.05, 4.69) is 51.0 Å². The number of aryl methyl sites for hydroxylation is 2. The lowest BCUT2D eigenvalue weighted by Gasteiger charge is -2.18. The molecule has 0 amide bonds. The Hall–Kier alpha value is -1.08. The highest BCUT2D eigenvalue weighted by molar-refractivity contribution is 5.30. The lowest BCUT2D eigenvalue weighted by atomic mass is 9.97. The lowest BCUT2D eigenvalue weighted by molar-refractivity contribution is 0.507. The quantitative estimate of drug-likeness (QED) is 0.517. The zero-order valence-electron chi connectivity index (χ0n) is 12.1. The van der Waals surface area contributed by atoms with Gasteiger partial charge in [-0.25, -0.2) is 0 Å². The Morgan fingerprint density at radius 2 is 1.78 bits per heavy atom. The highest BCUT2D eigenvalue weighted by Gasteiger charge is 2.09. The van der Waals surface area contributed by atoms with Crippen LogP contribution >= 0.6 is 0 Å². The molecule has 1 atom stereocenters. The van der Waals surface area contributed by atoms with Crippen molar-refractivity contribution in [3.63, 3.8) is 0 Å². The van der Waals surface area contributed by atoms with Crippen molar-refractivity contribution in [2.75, 3.05) is 7.05 Å². The molecule has 1 nitrogen and oxygen atoms in total. The average Bonchev–Trinajstić information content (AvgIpc) is 2.32. The first-order valence-corrected chi connectivity index (χ1v) is 7.03. The highest BCUT2D eigenvalue weighted by atomic mass is 14.9. The number of rotatable bonds is 8. The van der Waals surface area contributed by atoms with E-state index in [1.54, 1.807) is 0 Å². The molecule has 18 heavy (non-hydrogen) atoms. The molecule has 0 aliphatic carbocycles. The monoisotopic (exact) mass is 245 g/mol. The van der Waals surface area contributed by atoms with Crippen LogP contribution in [0.5, 0.6) is 0 Å². The van der Waals surface area contributed by atoms with Gasteiger partial charge in [-0.2, -0.15) is 0 Å². The second kappa shape index (κ2) is 8.10. The van der Waals surface area contributed by atoms with Gasteiger partial charge in [0.15, 0.2) is 0 Å². The summed E-state index contributed by atoms with van der Waals surface area (Å²) in [5.74, 6) is 0. The molecule has 1 aromatic carbocycles.